The average molecular weight is 319 g/mol. The summed E-state index contributed by atoms with van der Waals surface area (Å²) in [5.41, 5.74) is 1.77. The Kier molecular flexibility index (Phi) is 5.22. The van der Waals surface area contributed by atoms with Gasteiger partial charge in [0.25, 0.3) is 5.56 Å². The summed E-state index contributed by atoms with van der Waals surface area (Å²) in [6, 6.07) is 3.66. The van der Waals surface area contributed by atoms with Crippen molar-refractivity contribution in [3.63, 3.8) is 0 Å². The van der Waals surface area contributed by atoms with E-state index in [1.165, 1.54) is 19.3 Å². The average Bonchev–Trinajstić information content (AvgIpc) is 2.58. The number of aliphatic hydroxyl groups is 1. The third kappa shape index (κ3) is 3.53. The molecular formula is C19H29NO3. The Morgan fingerprint density at radius 3 is 2.65 bits per heavy atom. The standard InChI is InChI=1S/C19H29NO3/c1-3-14-5-9-16(10-6-14)23-12-17-18(21)11-8-15-7-4-13(2)19(22)20(15)17/h4,7,14,16-18,21H,3,5-6,8-12H2,1-2H3/t14?,16?,17-,18-/m0/s1. The van der Waals surface area contributed by atoms with E-state index in [0.29, 0.717) is 13.0 Å². The molecule has 0 aromatic carbocycles. The summed E-state index contributed by atoms with van der Waals surface area (Å²) in [6.45, 7) is 4.54. The lowest BCUT2D eigenvalue weighted by Gasteiger charge is -2.34. The minimum Gasteiger partial charge on any atom is -0.391 e. The normalized spacial score (nSPS) is 30.9. The van der Waals surface area contributed by atoms with Crippen LogP contribution >= 0.6 is 0 Å². The Bertz CT molecular complexity index is 587. The van der Waals surface area contributed by atoms with Crippen LogP contribution < -0.4 is 5.56 Å². The highest BCUT2D eigenvalue weighted by Gasteiger charge is 2.30. The number of rotatable bonds is 4. The predicted molar refractivity (Wildman–Crippen MR) is 90.8 cm³/mol. The predicted octanol–water partition coefficient (Wildman–Crippen LogP) is 2.99. The fraction of sp³-hybridized carbons (Fsp3) is 0.737. The lowest BCUT2D eigenvalue weighted by atomic mass is 9.86. The topological polar surface area (TPSA) is 51.5 Å². The van der Waals surface area contributed by atoms with Crippen LogP contribution in [-0.4, -0.2) is 28.5 Å². The molecule has 1 aliphatic carbocycles. The van der Waals surface area contributed by atoms with Gasteiger partial charge in [0.15, 0.2) is 0 Å². The largest absolute Gasteiger partial charge is 0.391 e. The maximum atomic E-state index is 12.5. The number of hydrogen-bond donors (Lipinski definition) is 1. The molecule has 0 amide bonds. The van der Waals surface area contributed by atoms with Crippen molar-refractivity contribution in [1.82, 2.24) is 4.57 Å². The van der Waals surface area contributed by atoms with Crippen LogP contribution in [0.3, 0.4) is 0 Å². The van der Waals surface area contributed by atoms with Gasteiger partial charge in [0.2, 0.25) is 0 Å². The van der Waals surface area contributed by atoms with Crippen LogP contribution in [0.4, 0.5) is 0 Å². The van der Waals surface area contributed by atoms with Crippen molar-refractivity contribution in [3.8, 4) is 0 Å². The van der Waals surface area contributed by atoms with Crippen molar-refractivity contribution in [2.24, 2.45) is 5.92 Å². The lowest BCUT2D eigenvalue weighted by molar-refractivity contribution is -0.0329. The van der Waals surface area contributed by atoms with Crippen molar-refractivity contribution in [2.45, 2.75) is 77.0 Å². The summed E-state index contributed by atoms with van der Waals surface area (Å²) in [4.78, 5) is 12.5. The Hall–Kier alpha value is -1.13. The van der Waals surface area contributed by atoms with E-state index in [2.05, 4.69) is 6.92 Å². The van der Waals surface area contributed by atoms with Crippen LogP contribution in [0.5, 0.6) is 0 Å². The zero-order valence-electron chi connectivity index (χ0n) is 14.3. The summed E-state index contributed by atoms with van der Waals surface area (Å²) in [5, 5.41) is 10.4. The van der Waals surface area contributed by atoms with Gasteiger partial charge in [0, 0.05) is 11.3 Å². The second-order valence-corrected chi connectivity index (χ2v) is 7.24. The van der Waals surface area contributed by atoms with Gasteiger partial charge in [0.1, 0.15) is 0 Å². The van der Waals surface area contributed by atoms with Crippen LogP contribution in [0, 0.1) is 12.8 Å². The molecule has 0 radical (unpaired) electrons. The molecule has 0 spiro atoms. The van der Waals surface area contributed by atoms with E-state index in [9.17, 15) is 9.90 Å². The third-order valence-electron chi connectivity index (χ3n) is 5.74. The maximum Gasteiger partial charge on any atom is 0.254 e. The van der Waals surface area contributed by atoms with Crippen LogP contribution in [0.25, 0.3) is 0 Å². The highest BCUT2D eigenvalue weighted by molar-refractivity contribution is 5.18. The van der Waals surface area contributed by atoms with Gasteiger partial charge in [-0.15, -0.1) is 0 Å². The van der Waals surface area contributed by atoms with Crippen LogP contribution in [0.2, 0.25) is 0 Å². The van der Waals surface area contributed by atoms with Gasteiger partial charge in [-0.1, -0.05) is 19.4 Å². The molecule has 4 heteroatoms. The number of aliphatic hydroxyl groups excluding tert-OH is 1. The first-order valence-corrected chi connectivity index (χ1v) is 9.10. The van der Waals surface area contributed by atoms with Crippen molar-refractivity contribution in [3.05, 3.63) is 33.7 Å². The SMILES string of the molecule is CCC1CCC(OC[C@H]2[C@@H](O)CCc3ccc(C)c(=O)n32)CC1. The number of aryl methyl sites for hydroxylation is 2. The number of hydrogen-bond acceptors (Lipinski definition) is 3. The molecule has 0 unspecified atom stereocenters. The molecule has 1 aromatic rings. The summed E-state index contributed by atoms with van der Waals surface area (Å²) in [7, 11) is 0. The van der Waals surface area contributed by atoms with Gasteiger partial charge in [-0.3, -0.25) is 4.79 Å². The Morgan fingerprint density at radius 1 is 1.22 bits per heavy atom. The molecule has 1 N–H and O–H groups in total. The molecule has 1 aromatic heterocycles. The van der Waals surface area contributed by atoms with E-state index in [1.807, 2.05) is 19.1 Å². The molecule has 3 rings (SSSR count). The first-order chi connectivity index (χ1) is 11.1. The number of aromatic nitrogens is 1. The summed E-state index contributed by atoms with van der Waals surface area (Å²) < 4.78 is 7.90. The second-order valence-electron chi connectivity index (χ2n) is 7.24. The summed E-state index contributed by atoms with van der Waals surface area (Å²) in [6.07, 6.45) is 7.22. The van der Waals surface area contributed by atoms with E-state index >= 15 is 0 Å². The van der Waals surface area contributed by atoms with Gasteiger partial charge in [-0.25, -0.2) is 0 Å². The number of pyridine rings is 1. The van der Waals surface area contributed by atoms with E-state index in [1.54, 1.807) is 4.57 Å². The highest BCUT2D eigenvalue weighted by atomic mass is 16.5. The number of nitrogens with zero attached hydrogens (tertiary/aromatic N) is 1. The van der Waals surface area contributed by atoms with Crippen LogP contribution in [0.15, 0.2) is 16.9 Å². The number of ether oxygens (including phenoxy) is 1. The van der Waals surface area contributed by atoms with Crippen molar-refractivity contribution < 1.29 is 9.84 Å². The third-order valence-corrected chi connectivity index (χ3v) is 5.74. The molecule has 1 saturated carbocycles. The van der Waals surface area contributed by atoms with Crippen LogP contribution in [0.1, 0.15) is 62.7 Å². The summed E-state index contributed by atoms with van der Waals surface area (Å²) >= 11 is 0. The molecule has 1 aliphatic heterocycles. The zero-order chi connectivity index (χ0) is 16.4. The fourth-order valence-corrected chi connectivity index (χ4v) is 4.05. The van der Waals surface area contributed by atoms with E-state index in [0.717, 1.165) is 36.4 Å². The van der Waals surface area contributed by atoms with E-state index in [-0.39, 0.29) is 17.7 Å². The molecule has 2 atom stereocenters. The molecule has 23 heavy (non-hydrogen) atoms. The van der Waals surface area contributed by atoms with Crippen molar-refractivity contribution in [2.75, 3.05) is 6.61 Å². The minimum atomic E-state index is -0.492. The van der Waals surface area contributed by atoms with Gasteiger partial charge in [0.05, 0.1) is 24.9 Å². The molecule has 4 nitrogen and oxygen atoms in total. The molecule has 2 heterocycles. The molecular weight excluding hydrogens is 290 g/mol. The van der Waals surface area contributed by atoms with Gasteiger partial charge in [-0.2, -0.15) is 0 Å². The van der Waals surface area contributed by atoms with Gasteiger partial charge >= 0.3 is 0 Å². The van der Waals surface area contributed by atoms with Crippen LogP contribution in [-0.2, 0) is 11.2 Å². The quantitative estimate of drug-likeness (QED) is 0.928. The van der Waals surface area contributed by atoms with Crippen molar-refractivity contribution >= 4 is 0 Å². The molecule has 0 bridgehead atoms. The smallest absolute Gasteiger partial charge is 0.254 e. The Labute approximate surface area is 138 Å². The van der Waals surface area contributed by atoms with E-state index in [4.69, 9.17) is 4.74 Å². The first kappa shape index (κ1) is 16.7. The highest BCUT2D eigenvalue weighted by Crippen LogP contribution is 2.30. The minimum absolute atomic E-state index is 0.0181. The molecule has 0 saturated heterocycles. The number of fused-ring (bicyclic) bond motifs is 1. The Morgan fingerprint density at radius 2 is 1.96 bits per heavy atom. The first-order valence-electron chi connectivity index (χ1n) is 9.10. The zero-order valence-corrected chi connectivity index (χ0v) is 14.3. The lowest BCUT2D eigenvalue weighted by Crippen LogP contribution is -2.42. The van der Waals surface area contributed by atoms with E-state index < -0.39 is 6.10 Å². The Balaban J connectivity index is 1.69. The maximum absolute atomic E-state index is 12.5. The molecule has 2 aliphatic rings. The second kappa shape index (κ2) is 7.18. The molecule has 1 fully saturated rings. The summed E-state index contributed by atoms with van der Waals surface area (Å²) in [5.74, 6) is 0.848. The van der Waals surface area contributed by atoms with Gasteiger partial charge in [-0.05, 0) is 57.4 Å². The molecule has 128 valence electrons. The van der Waals surface area contributed by atoms with Crippen molar-refractivity contribution in [1.29, 1.82) is 0 Å². The van der Waals surface area contributed by atoms with Gasteiger partial charge < -0.3 is 14.4 Å². The monoisotopic (exact) mass is 319 g/mol. The fourth-order valence-electron chi connectivity index (χ4n) is 4.05.